The first kappa shape index (κ1) is 15.9. The molecule has 0 aliphatic heterocycles. The van der Waals surface area contributed by atoms with E-state index < -0.39 is 0 Å². The number of rotatable bonds is 2. The van der Waals surface area contributed by atoms with E-state index in [1.54, 1.807) is 0 Å². The van der Waals surface area contributed by atoms with Crippen molar-refractivity contribution < 1.29 is 0 Å². The smallest absolute Gasteiger partial charge is 0.0634 e. The van der Waals surface area contributed by atoms with E-state index in [-0.39, 0.29) is 0 Å². The Balaban J connectivity index is 1.91. The van der Waals surface area contributed by atoms with Crippen LogP contribution >= 0.6 is 11.3 Å². The molecule has 6 aromatic rings. The van der Waals surface area contributed by atoms with Gasteiger partial charge in [0.2, 0.25) is 0 Å². The molecule has 0 amide bonds. The van der Waals surface area contributed by atoms with Gasteiger partial charge in [0, 0.05) is 36.6 Å². The molecule has 0 bridgehead atoms. The third-order valence-corrected chi connectivity index (χ3v) is 6.89. The highest BCUT2D eigenvalue weighted by molar-refractivity contribution is 7.26. The Hall–Kier alpha value is -3.10. The van der Waals surface area contributed by atoms with Crippen LogP contribution in [-0.2, 0) is 6.42 Å². The maximum absolute atomic E-state index is 2.44. The summed E-state index contributed by atoms with van der Waals surface area (Å²) < 4.78 is 5.16. The molecule has 134 valence electrons. The lowest BCUT2D eigenvalue weighted by Crippen LogP contribution is -1.93. The van der Waals surface area contributed by atoms with Gasteiger partial charge in [-0.1, -0.05) is 55.5 Å². The minimum atomic E-state index is 1.06. The molecule has 0 fully saturated rings. The molecule has 2 heterocycles. The monoisotopic (exact) mass is 377 g/mol. The summed E-state index contributed by atoms with van der Waals surface area (Å²) in [7, 11) is 0. The lowest BCUT2D eigenvalue weighted by atomic mass is 10.1. The van der Waals surface area contributed by atoms with Crippen molar-refractivity contribution in [3.8, 4) is 5.69 Å². The van der Waals surface area contributed by atoms with Crippen molar-refractivity contribution in [1.29, 1.82) is 0 Å². The third-order valence-electron chi connectivity index (χ3n) is 5.75. The average molecular weight is 378 g/mol. The molecule has 0 aliphatic carbocycles. The molecule has 1 nitrogen and oxygen atoms in total. The van der Waals surface area contributed by atoms with Gasteiger partial charge in [-0.2, -0.15) is 0 Å². The van der Waals surface area contributed by atoms with E-state index >= 15 is 0 Å². The zero-order chi connectivity index (χ0) is 18.7. The average Bonchev–Trinajstić information content (AvgIpc) is 3.29. The van der Waals surface area contributed by atoms with Crippen LogP contribution in [0.1, 0.15) is 12.5 Å². The molecule has 2 heteroatoms. The number of nitrogens with zero attached hydrogens (tertiary/aromatic N) is 1. The summed E-state index contributed by atoms with van der Waals surface area (Å²) in [6.45, 7) is 2.23. The fraction of sp³-hybridized carbons (Fsp3) is 0.0769. The van der Waals surface area contributed by atoms with Crippen LogP contribution < -0.4 is 0 Å². The summed E-state index contributed by atoms with van der Waals surface area (Å²) in [4.78, 5) is 0. The highest BCUT2D eigenvalue weighted by Crippen LogP contribution is 2.43. The van der Waals surface area contributed by atoms with E-state index in [1.807, 2.05) is 11.3 Å². The first-order chi connectivity index (χ1) is 13.8. The summed E-state index contributed by atoms with van der Waals surface area (Å²) in [5.41, 5.74) is 5.20. The van der Waals surface area contributed by atoms with Gasteiger partial charge in [0.05, 0.1) is 11.0 Å². The van der Waals surface area contributed by atoms with E-state index in [1.165, 1.54) is 53.2 Å². The van der Waals surface area contributed by atoms with E-state index in [0.717, 1.165) is 6.42 Å². The normalized spacial score (nSPS) is 11.9. The van der Waals surface area contributed by atoms with Gasteiger partial charge >= 0.3 is 0 Å². The standard InChI is InChI=1S/C26H19NS/c1-2-17-12-14-23-21(16-17)25-24(28-23)15-13-20-19-10-6-7-11-22(19)27(26(20)25)18-8-4-3-5-9-18/h3-16H,2H2,1H3. The highest BCUT2D eigenvalue weighted by atomic mass is 32.1. The molecule has 0 atom stereocenters. The molecular weight excluding hydrogens is 358 g/mol. The van der Waals surface area contributed by atoms with Crippen molar-refractivity contribution in [2.24, 2.45) is 0 Å². The SMILES string of the molecule is CCc1ccc2sc3ccc4c5ccccc5n(-c5ccccc5)c4c3c2c1. The molecule has 6 rings (SSSR count). The third kappa shape index (κ3) is 2.12. The van der Waals surface area contributed by atoms with Gasteiger partial charge in [0.25, 0.3) is 0 Å². The number of thiophene rings is 1. The van der Waals surface area contributed by atoms with Crippen LogP contribution in [0.5, 0.6) is 0 Å². The second-order valence-electron chi connectivity index (χ2n) is 7.31. The first-order valence-corrected chi connectivity index (χ1v) is 10.6. The molecule has 0 unspecified atom stereocenters. The second kappa shape index (κ2) is 5.95. The Morgan fingerprint density at radius 3 is 2.36 bits per heavy atom. The van der Waals surface area contributed by atoms with Crippen molar-refractivity contribution >= 4 is 53.3 Å². The van der Waals surface area contributed by atoms with Gasteiger partial charge in [0.1, 0.15) is 0 Å². The van der Waals surface area contributed by atoms with Crippen molar-refractivity contribution in [2.45, 2.75) is 13.3 Å². The summed E-state index contributed by atoms with van der Waals surface area (Å²) >= 11 is 1.90. The van der Waals surface area contributed by atoms with Gasteiger partial charge in [-0.25, -0.2) is 0 Å². The topological polar surface area (TPSA) is 4.93 Å². The Morgan fingerprint density at radius 2 is 1.50 bits per heavy atom. The summed E-state index contributed by atoms with van der Waals surface area (Å²) in [5, 5.41) is 5.40. The molecule has 0 spiro atoms. The second-order valence-corrected chi connectivity index (χ2v) is 8.39. The van der Waals surface area contributed by atoms with Crippen molar-refractivity contribution in [2.75, 3.05) is 0 Å². The van der Waals surface area contributed by atoms with Gasteiger partial charge in [-0.3, -0.25) is 0 Å². The first-order valence-electron chi connectivity index (χ1n) is 9.78. The Labute approximate surface area is 167 Å². The van der Waals surface area contributed by atoms with Gasteiger partial charge in [-0.15, -0.1) is 11.3 Å². The number of benzene rings is 4. The van der Waals surface area contributed by atoms with Crippen molar-refractivity contribution in [3.63, 3.8) is 0 Å². The van der Waals surface area contributed by atoms with E-state index in [0.29, 0.717) is 0 Å². The minimum Gasteiger partial charge on any atom is -0.309 e. The van der Waals surface area contributed by atoms with Crippen LogP contribution in [-0.4, -0.2) is 4.57 Å². The summed E-state index contributed by atoms with van der Waals surface area (Å²) in [6, 6.07) is 31.0. The van der Waals surface area contributed by atoms with E-state index in [9.17, 15) is 0 Å². The van der Waals surface area contributed by atoms with E-state index in [2.05, 4.69) is 96.4 Å². The lowest BCUT2D eigenvalue weighted by Gasteiger charge is -2.09. The van der Waals surface area contributed by atoms with Gasteiger partial charge < -0.3 is 4.57 Å². The molecule has 2 aromatic heterocycles. The Bertz CT molecular complexity index is 1490. The van der Waals surface area contributed by atoms with E-state index in [4.69, 9.17) is 0 Å². The highest BCUT2D eigenvalue weighted by Gasteiger charge is 2.17. The molecule has 0 saturated heterocycles. The predicted octanol–water partition coefficient (Wildman–Crippen LogP) is 7.71. The van der Waals surface area contributed by atoms with Gasteiger partial charge in [-0.05, 0) is 48.4 Å². The molecule has 0 aliphatic rings. The number of hydrogen-bond acceptors (Lipinski definition) is 1. The zero-order valence-electron chi connectivity index (χ0n) is 15.6. The molecule has 0 N–H and O–H groups in total. The number of aromatic nitrogens is 1. The number of fused-ring (bicyclic) bond motifs is 7. The molecule has 0 radical (unpaired) electrons. The lowest BCUT2D eigenvalue weighted by molar-refractivity contribution is 1.15. The minimum absolute atomic E-state index is 1.06. The van der Waals surface area contributed by atoms with Crippen LogP contribution in [0.25, 0.3) is 47.7 Å². The maximum Gasteiger partial charge on any atom is 0.0634 e. The van der Waals surface area contributed by atoms with Crippen molar-refractivity contribution in [3.05, 3.63) is 90.5 Å². The van der Waals surface area contributed by atoms with Crippen LogP contribution in [0.2, 0.25) is 0 Å². The molecule has 28 heavy (non-hydrogen) atoms. The quantitative estimate of drug-likeness (QED) is 0.291. The Morgan fingerprint density at radius 1 is 0.714 bits per heavy atom. The zero-order valence-corrected chi connectivity index (χ0v) is 16.5. The van der Waals surface area contributed by atoms with Crippen molar-refractivity contribution in [1.82, 2.24) is 4.57 Å². The fourth-order valence-electron chi connectivity index (χ4n) is 4.43. The number of para-hydroxylation sites is 2. The van der Waals surface area contributed by atoms with Crippen LogP contribution in [0.4, 0.5) is 0 Å². The Kier molecular flexibility index (Phi) is 3.38. The molecule has 4 aromatic carbocycles. The van der Waals surface area contributed by atoms with Crippen LogP contribution in [0, 0.1) is 0 Å². The summed E-state index contributed by atoms with van der Waals surface area (Å²) in [5.74, 6) is 0. The maximum atomic E-state index is 2.44. The summed E-state index contributed by atoms with van der Waals surface area (Å²) in [6.07, 6.45) is 1.06. The predicted molar refractivity (Wildman–Crippen MR) is 123 cm³/mol. The van der Waals surface area contributed by atoms with Crippen LogP contribution in [0.15, 0.2) is 84.9 Å². The fourth-order valence-corrected chi connectivity index (χ4v) is 5.52. The van der Waals surface area contributed by atoms with Crippen LogP contribution in [0.3, 0.4) is 0 Å². The number of hydrogen-bond donors (Lipinski definition) is 0. The van der Waals surface area contributed by atoms with Gasteiger partial charge in [0.15, 0.2) is 0 Å². The largest absolute Gasteiger partial charge is 0.309 e. The number of aryl methyl sites for hydroxylation is 1. The molecule has 0 saturated carbocycles. The molecular formula is C26H19NS.